The Morgan fingerprint density at radius 3 is 2.66 bits per heavy atom. The number of anilines is 1. The number of carbonyl (C=O) groups excluding carboxylic acids is 1. The van der Waals surface area contributed by atoms with E-state index in [-0.39, 0.29) is 17.5 Å². The van der Waals surface area contributed by atoms with Gasteiger partial charge in [0.05, 0.1) is 10.5 Å². The van der Waals surface area contributed by atoms with Gasteiger partial charge in [-0.15, -0.1) is 0 Å². The quantitative estimate of drug-likeness (QED) is 0.414. The number of carbonyl (C=O) groups is 1. The molecule has 32 heavy (non-hydrogen) atoms. The van der Waals surface area contributed by atoms with Crippen LogP contribution < -0.4 is 10.9 Å². The summed E-state index contributed by atoms with van der Waals surface area (Å²) in [6, 6.07) is 15.5. The van der Waals surface area contributed by atoms with Gasteiger partial charge in [-0.05, 0) is 43.5 Å². The first-order valence-corrected chi connectivity index (χ1v) is 11.8. The lowest BCUT2D eigenvalue weighted by Gasteiger charge is -2.21. The van der Waals surface area contributed by atoms with E-state index in [0.717, 1.165) is 12.8 Å². The number of benzene rings is 1. The van der Waals surface area contributed by atoms with Crippen molar-refractivity contribution in [3.63, 3.8) is 0 Å². The first kappa shape index (κ1) is 22.2. The van der Waals surface area contributed by atoms with Crippen molar-refractivity contribution in [3.05, 3.63) is 81.1 Å². The van der Waals surface area contributed by atoms with Crippen LogP contribution in [0.2, 0.25) is 0 Å². The highest BCUT2D eigenvalue weighted by Gasteiger charge is 2.35. The number of nitrogens with zero attached hydrogens (tertiary/aromatic N) is 3. The summed E-state index contributed by atoms with van der Waals surface area (Å²) in [7, 11) is 0. The molecule has 1 atom stereocenters. The van der Waals surface area contributed by atoms with Crippen LogP contribution in [-0.4, -0.2) is 37.1 Å². The predicted octanol–water partition coefficient (Wildman–Crippen LogP) is 4.35. The summed E-state index contributed by atoms with van der Waals surface area (Å²) < 4.78 is 2.01. The number of nitrogens with one attached hydrogen (secondary N) is 1. The SMILES string of the molecule is CCC(C)N1C(=O)C(=Cc2c(NCCc3ccccc3)nc3ccccn3c2=O)SC1=S. The van der Waals surface area contributed by atoms with Crippen LogP contribution in [0, 0.1) is 0 Å². The van der Waals surface area contributed by atoms with Crippen LogP contribution >= 0.6 is 24.0 Å². The zero-order valence-corrected chi connectivity index (χ0v) is 19.6. The lowest BCUT2D eigenvalue weighted by Crippen LogP contribution is -2.36. The van der Waals surface area contributed by atoms with Crippen molar-refractivity contribution in [2.24, 2.45) is 0 Å². The number of hydrogen-bond donors (Lipinski definition) is 1. The van der Waals surface area contributed by atoms with E-state index in [2.05, 4.69) is 22.4 Å². The molecule has 1 fully saturated rings. The monoisotopic (exact) mass is 464 g/mol. The first-order valence-electron chi connectivity index (χ1n) is 10.6. The Labute approximate surface area is 196 Å². The van der Waals surface area contributed by atoms with Crippen molar-refractivity contribution in [1.82, 2.24) is 14.3 Å². The molecule has 1 aliphatic heterocycles. The van der Waals surface area contributed by atoms with Gasteiger partial charge in [-0.3, -0.25) is 18.9 Å². The van der Waals surface area contributed by atoms with Crippen LogP contribution in [0.5, 0.6) is 0 Å². The number of thiocarbonyl (C=S) groups is 1. The second kappa shape index (κ2) is 9.67. The Morgan fingerprint density at radius 1 is 1.16 bits per heavy atom. The Hall–Kier alpha value is -2.97. The van der Waals surface area contributed by atoms with Crippen LogP contribution in [0.4, 0.5) is 5.82 Å². The smallest absolute Gasteiger partial charge is 0.267 e. The van der Waals surface area contributed by atoms with Gasteiger partial charge < -0.3 is 5.32 Å². The van der Waals surface area contributed by atoms with Crippen molar-refractivity contribution in [2.75, 3.05) is 11.9 Å². The molecule has 1 aromatic carbocycles. The largest absolute Gasteiger partial charge is 0.369 e. The lowest BCUT2D eigenvalue weighted by atomic mass is 10.1. The molecule has 6 nitrogen and oxygen atoms in total. The summed E-state index contributed by atoms with van der Waals surface area (Å²) in [6.07, 6.45) is 4.89. The standard InChI is InChI=1S/C24H24N4O2S2/c1-3-16(2)28-23(30)19(32-24(28)31)15-18-21(25-13-12-17-9-5-4-6-10-17)26-20-11-7-8-14-27(20)22(18)29/h4-11,14-16,25H,3,12-13H2,1-2H3. The minimum Gasteiger partial charge on any atom is -0.369 e. The van der Waals surface area contributed by atoms with E-state index in [9.17, 15) is 9.59 Å². The summed E-state index contributed by atoms with van der Waals surface area (Å²) in [5.41, 5.74) is 1.86. The van der Waals surface area contributed by atoms with E-state index >= 15 is 0 Å². The molecule has 0 spiro atoms. The molecule has 0 aliphatic carbocycles. The fourth-order valence-corrected chi connectivity index (χ4v) is 4.95. The molecule has 1 N–H and O–H groups in total. The number of aromatic nitrogens is 2. The van der Waals surface area contributed by atoms with E-state index in [1.54, 1.807) is 29.3 Å². The van der Waals surface area contributed by atoms with E-state index < -0.39 is 0 Å². The van der Waals surface area contributed by atoms with Gasteiger partial charge >= 0.3 is 0 Å². The van der Waals surface area contributed by atoms with Crippen molar-refractivity contribution >= 4 is 51.7 Å². The fourth-order valence-electron chi connectivity index (χ4n) is 3.51. The summed E-state index contributed by atoms with van der Waals surface area (Å²) in [5, 5.41) is 3.30. The zero-order valence-electron chi connectivity index (χ0n) is 17.9. The van der Waals surface area contributed by atoms with E-state index in [1.807, 2.05) is 38.1 Å². The third-order valence-corrected chi connectivity index (χ3v) is 6.78. The summed E-state index contributed by atoms with van der Waals surface area (Å²) >= 11 is 6.66. The second-order valence-electron chi connectivity index (χ2n) is 7.58. The molecule has 1 unspecified atom stereocenters. The normalized spacial score (nSPS) is 16.2. The number of pyridine rings is 1. The number of hydrogen-bond acceptors (Lipinski definition) is 6. The Bertz CT molecular complexity index is 1250. The van der Waals surface area contributed by atoms with Crippen LogP contribution in [-0.2, 0) is 11.2 Å². The van der Waals surface area contributed by atoms with Crippen LogP contribution in [0.1, 0.15) is 31.4 Å². The average molecular weight is 465 g/mol. The summed E-state index contributed by atoms with van der Waals surface area (Å²) in [6.45, 7) is 4.59. The van der Waals surface area contributed by atoms with Gasteiger partial charge in [0.1, 0.15) is 15.8 Å². The number of thioether (sulfide) groups is 1. The molecule has 3 heterocycles. The highest BCUT2D eigenvalue weighted by molar-refractivity contribution is 8.26. The Balaban J connectivity index is 1.71. The molecular weight excluding hydrogens is 440 g/mol. The Kier molecular flexibility index (Phi) is 6.72. The predicted molar refractivity (Wildman–Crippen MR) is 135 cm³/mol. The third-order valence-electron chi connectivity index (χ3n) is 5.45. The maximum absolute atomic E-state index is 13.3. The molecule has 2 aromatic heterocycles. The molecule has 4 rings (SSSR count). The highest BCUT2D eigenvalue weighted by atomic mass is 32.2. The summed E-state index contributed by atoms with van der Waals surface area (Å²) in [4.78, 5) is 33.0. The van der Waals surface area contributed by atoms with Gasteiger partial charge in [0, 0.05) is 18.8 Å². The van der Waals surface area contributed by atoms with Crippen molar-refractivity contribution in [3.8, 4) is 0 Å². The van der Waals surface area contributed by atoms with Crippen LogP contribution in [0.3, 0.4) is 0 Å². The van der Waals surface area contributed by atoms with Crippen LogP contribution in [0.25, 0.3) is 11.7 Å². The number of amides is 1. The summed E-state index contributed by atoms with van der Waals surface area (Å²) in [5.74, 6) is 0.299. The minimum absolute atomic E-state index is 0.00712. The molecule has 0 radical (unpaired) electrons. The Morgan fingerprint density at radius 2 is 1.91 bits per heavy atom. The van der Waals surface area contributed by atoms with Gasteiger partial charge in [0.2, 0.25) is 0 Å². The lowest BCUT2D eigenvalue weighted by molar-refractivity contribution is -0.123. The second-order valence-corrected chi connectivity index (χ2v) is 9.26. The average Bonchev–Trinajstić information content (AvgIpc) is 3.09. The molecule has 1 aliphatic rings. The highest BCUT2D eigenvalue weighted by Crippen LogP contribution is 2.34. The molecule has 1 saturated heterocycles. The van der Waals surface area contributed by atoms with Crippen molar-refractivity contribution < 1.29 is 4.79 Å². The number of fused-ring (bicyclic) bond motifs is 1. The van der Waals surface area contributed by atoms with Gasteiger partial charge in [0.15, 0.2) is 0 Å². The van der Waals surface area contributed by atoms with Gasteiger partial charge in [-0.1, -0.05) is 67.3 Å². The molecular formula is C24H24N4O2S2. The fraction of sp³-hybridized carbons (Fsp3) is 0.250. The van der Waals surface area contributed by atoms with Crippen LogP contribution in [0.15, 0.2) is 64.4 Å². The van der Waals surface area contributed by atoms with Crippen molar-refractivity contribution in [2.45, 2.75) is 32.7 Å². The van der Waals surface area contributed by atoms with Crippen molar-refractivity contribution in [1.29, 1.82) is 0 Å². The van der Waals surface area contributed by atoms with E-state index in [1.165, 1.54) is 21.7 Å². The van der Waals surface area contributed by atoms with Gasteiger partial charge in [-0.2, -0.15) is 0 Å². The third kappa shape index (κ3) is 4.47. The zero-order chi connectivity index (χ0) is 22.7. The molecule has 3 aromatic rings. The first-order chi connectivity index (χ1) is 15.5. The van der Waals surface area contributed by atoms with Gasteiger partial charge in [0.25, 0.3) is 11.5 Å². The molecule has 1 amide bonds. The van der Waals surface area contributed by atoms with E-state index in [4.69, 9.17) is 12.2 Å². The molecule has 164 valence electrons. The molecule has 0 bridgehead atoms. The maximum atomic E-state index is 13.3. The minimum atomic E-state index is -0.230. The molecule has 8 heteroatoms. The van der Waals surface area contributed by atoms with E-state index in [0.29, 0.717) is 32.8 Å². The van der Waals surface area contributed by atoms with Gasteiger partial charge in [-0.25, -0.2) is 4.98 Å². The number of rotatable bonds is 7. The molecule has 0 saturated carbocycles. The maximum Gasteiger partial charge on any atom is 0.267 e. The topological polar surface area (TPSA) is 66.7 Å².